The molecule has 1 N–H and O–H groups in total. The van der Waals surface area contributed by atoms with Crippen molar-refractivity contribution in [2.45, 2.75) is 32.6 Å². The van der Waals surface area contributed by atoms with Crippen molar-refractivity contribution in [2.75, 3.05) is 20.8 Å². The molecule has 0 unspecified atom stereocenters. The summed E-state index contributed by atoms with van der Waals surface area (Å²) in [4.78, 5) is 23.3. The van der Waals surface area contributed by atoms with Crippen molar-refractivity contribution in [3.05, 3.63) is 111 Å². The van der Waals surface area contributed by atoms with Crippen LogP contribution in [0.25, 0.3) is 10.9 Å². The average molecular weight is 526 g/mol. The van der Waals surface area contributed by atoms with Gasteiger partial charge in [-0.05, 0) is 69.8 Å². The molecular formula is C29H31N7O3. The molecule has 2 aromatic carbocycles. The number of H-pyrrole nitrogens is 1. The lowest BCUT2D eigenvalue weighted by molar-refractivity contribution is 0.169. The quantitative estimate of drug-likeness (QED) is 0.278. The van der Waals surface area contributed by atoms with Gasteiger partial charge < -0.3 is 14.5 Å². The minimum Gasteiger partial charge on any atom is -0.497 e. The van der Waals surface area contributed by atoms with E-state index in [0.717, 1.165) is 33.3 Å². The molecule has 1 atom stereocenters. The molecule has 0 fully saturated rings. The number of nitrogens with zero attached hydrogens (tertiary/aromatic N) is 6. The number of rotatable bonds is 11. The molecule has 0 saturated carbocycles. The number of fused-ring (bicyclic) bond motifs is 1. The Labute approximate surface area is 226 Å². The maximum absolute atomic E-state index is 13.7. The Kier molecular flexibility index (Phi) is 8.04. The summed E-state index contributed by atoms with van der Waals surface area (Å²) in [6, 6.07) is 19.2. The molecule has 0 amide bonds. The van der Waals surface area contributed by atoms with Crippen LogP contribution < -0.4 is 10.3 Å². The van der Waals surface area contributed by atoms with Gasteiger partial charge >= 0.3 is 0 Å². The monoisotopic (exact) mass is 525 g/mol. The number of hydrogen-bond donors (Lipinski definition) is 1. The normalized spacial score (nSPS) is 12.2. The Bertz CT molecular complexity index is 1580. The molecule has 3 heterocycles. The van der Waals surface area contributed by atoms with Crippen molar-refractivity contribution in [2.24, 2.45) is 0 Å². The number of pyridine rings is 2. The third-order valence-electron chi connectivity index (χ3n) is 6.65. The zero-order chi connectivity index (χ0) is 27.2. The molecule has 200 valence electrons. The summed E-state index contributed by atoms with van der Waals surface area (Å²) in [6.45, 7) is 3.91. The van der Waals surface area contributed by atoms with E-state index in [0.29, 0.717) is 37.6 Å². The van der Waals surface area contributed by atoms with E-state index in [2.05, 4.69) is 30.4 Å². The summed E-state index contributed by atoms with van der Waals surface area (Å²) >= 11 is 0. The highest BCUT2D eigenvalue weighted by Crippen LogP contribution is 2.30. The topological polar surface area (TPSA) is 111 Å². The number of hydrogen-bond acceptors (Lipinski definition) is 8. The van der Waals surface area contributed by atoms with Gasteiger partial charge in [0.15, 0.2) is 5.82 Å². The number of tetrazole rings is 1. The fourth-order valence-electron chi connectivity index (χ4n) is 4.71. The van der Waals surface area contributed by atoms with Gasteiger partial charge in [0.05, 0.1) is 20.3 Å². The van der Waals surface area contributed by atoms with Crippen LogP contribution in [-0.4, -0.2) is 55.9 Å². The highest BCUT2D eigenvalue weighted by atomic mass is 16.5. The lowest BCUT2D eigenvalue weighted by Gasteiger charge is -2.31. The van der Waals surface area contributed by atoms with Crippen LogP contribution in [0.1, 0.15) is 34.1 Å². The number of nitrogens with one attached hydrogen (secondary N) is 1. The molecule has 3 aromatic heterocycles. The van der Waals surface area contributed by atoms with Gasteiger partial charge in [0.1, 0.15) is 11.8 Å². The molecule has 0 saturated heterocycles. The van der Waals surface area contributed by atoms with Gasteiger partial charge in [-0.2, -0.15) is 0 Å². The summed E-state index contributed by atoms with van der Waals surface area (Å²) < 4.78 is 12.4. The van der Waals surface area contributed by atoms with Gasteiger partial charge in [0.25, 0.3) is 5.56 Å². The Morgan fingerprint density at radius 1 is 1.03 bits per heavy atom. The summed E-state index contributed by atoms with van der Waals surface area (Å²) in [6.07, 6.45) is 3.58. The van der Waals surface area contributed by atoms with Crippen LogP contribution in [0.5, 0.6) is 5.75 Å². The SMILES string of the molecule is COCCn1nnnc1[C@@H](c1cc2ccc(C)cc2[nH]c1=O)N(Cc1ccc(OC)cc1)Cc1cccnc1. The standard InChI is InChI=1S/C29H31N7O3/c1-20-6-9-23-16-25(29(37)31-26(23)15-20)27(28-32-33-34-36(28)13-14-38-2)35(19-22-5-4-12-30-17-22)18-21-7-10-24(39-3)11-8-21/h4-12,15-17,27H,13-14,18-19H2,1-3H3,(H,31,37)/t27-/m1/s1. The van der Waals surface area contributed by atoms with E-state index in [1.807, 2.05) is 73.8 Å². The number of benzene rings is 2. The van der Waals surface area contributed by atoms with Crippen molar-refractivity contribution in [3.8, 4) is 5.75 Å². The number of aryl methyl sites for hydroxylation is 1. The average Bonchev–Trinajstić information content (AvgIpc) is 3.41. The molecule has 0 aliphatic rings. The van der Waals surface area contributed by atoms with Crippen molar-refractivity contribution < 1.29 is 9.47 Å². The summed E-state index contributed by atoms with van der Waals surface area (Å²) in [5.41, 5.74) is 4.27. The van der Waals surface area contributed by atoms with Crippen molar-refractivity contribution in [3.63, 3.8) is 0 Å². The van der Waals surface area contributed by atoms with E-state index in [1.165, 1.54) is 0 Å². The molecule has 10 nitrogen and oxygen atoms in total. The van der Waals surface area contributed by atoms with E-state index in [9.17, 15) is 4.79 Å². The van der Waals surface area contributed by atoms with Crippen molar-refractivity contribution in [1.29, 1.82) is 0 Å². The maximum atomic E-state index is 13.7. The molecule has 0 radical (unpaired) electrons. The first kappa shape index (κ1) is 26.2. The molecular weight excluding hydrogens is 494 g/mol. The first-order chi connectivity index (χ1) is 19.1. The summed E-state index contributed by atoms with van der Waals surface area (Å²) in [5.74, 6) is 1.33. The minimum absolute atomic E-state index is 0.190. The molecule has 5 aromatic rings. The molecule has 0 aliphatic carbocycles. The highest BCUT2D eigenvalue weighted by molar-refractivity contribution is 5.79. The molecule has 39 heavy (non-hydrogen) atoms. The predicted octanol–water partition coefficient (Wildman–Crippen LogP) is 3.66. The van der Waals surface area contributed by atoms with Crippen LogP contribution in [0.15, 0.2) is 77.9 Å². The Hall–Kier alpha value is -4.41. The molecule has 0 aliphatic heterocycles. The van der Waals surface area contributed by atoms with E-state index >= 15 is 0 Å². The van der Waals surface area contributed by atoms with E-state index in [1.54, 1.807) is 25.1 Å². The van der Waals surface area contributed by atoms with Crippen LogP contribution >= 0.6 is 0 Å². The van der Waals surface area contributed by atoms with Crippen LogP contribution in [0.4, 0.5) is 0 Å². The summed E-state index contributed by atoms with van der Waals surface area (Å²) in [7, 11) is 3.28. The first-order valence-corrected chi connectivity index (χ1v) is 12.7. The maximum Gasteiger partial charge on any atom is 0.253 e. The fourth-order valence-corrected chi connectivity index (χ4v) is 4.71. The van der Waals surface area contributed by atoms with Gasteiger partial charge in [-0.1, -0.05) is 30.3 Å². The Morgan fingerprint density at radius 3 is 2.59 bits per heavy atom. The molecule has 0 spiro atoms. The predicted molar refractivity (Wildman–Crippen MR) is 147 cm³/mol. The molecule has 10 heteroatoms. The second-order valence-corrected chi connectivity index (χ2v) is 9.41. The minimum atomic E-state index is -0.561. The van der Waals surface area contributed by atoms with Gasteiger partial charge in [-0.25, -0.2) is 4.68 Å². The van der Waals surface area contributed by atoms with Crippen LogP contribution in [0.3, 0.4) is 0 Å². The zero-order valence-electron chi connectivity index (χ0n) is 22.2. The van der Waals surface area contributed by atoms with Crippen molar-refractivity contribution in [1.82, 2.24) is 35.1 Å². The second kappa shape index (κ2) is 12.0. The van der Waals surface area contributed by atoms with Gasteiger partial charge in [0, 0.05) is 43.7 Å². The van der Waals surface area contributed by atoms with Gasteiger partial charge in [-0.15, -0.1) is 5.10 Å². The number of aromatic nitrogens is 6. The highest BCUT2D eigenvalue weighted by Gasteiger charge is 2.31. The number of methoxy groups -OCH3 is 2. The van der Waals surface area contributed by atoms with Crippen molar-refractivity contribution >= 4 is 10.9 Å². The van der Waals surface area contributed by atoms with Crippen LogP contribution in [0, 0.1) is 6.92 Å². The number of aromatic amines is 1. The second-order valence-electron chi connectivity index (χ2n) is 9.41. The third-order valence-corrected chi connectivity index (χ3v) is 6.65. The van der Waals surface area contributed by atoms with Gasteiger partial charge in [-0.3, -0.25) is 14.7 Å². The smallest absolute Gasteiger partial charge is 0.253 e. The van der Waals surface area contributed by atoms with Crippen LogP contribution in [-0.2, 0) is 24.4 Å². The van der Waals surface area contributed by atoms with Gasteiger partial charge in [0.2, 0.25) is 0 Å². The summed E-state index contributed by atoms with van der Waals surface area (Å²) in [5, 5.41) is 13.6. The fraction of sp³-hybridized carbons (Fsp3) is 0.276. The van der Waals surface area contributed by atoms with Crippen LogP contribution in [0.2, 0.25) is 0 Å². The van der Waals surface area contributed by atoms with E-state index in [-0.39, 0.29) is 5.56 Å². The largest absolute Gasteiger partial charge is 0.497 e. The molecule has 5 rings (SSSR count). The first-order valence-electron chi connectivity index (χ1n) is 12.7. The zero-order valence-corrected chi connectivity index (χ0v) is 22.2. The Balaban J connectivity index is 1.67. The van der Waals surface area contributed by atoms with E-state index < -0.39 is 6.04 Å². The third kappa shape index (κ3) is 6.02. The number of ether oxygens (including phenoxy) is 2. The lowest BCUT2D eigenvalue weighted by atomic mass is 10.0. The van der Waals surface area contributed by atoms with E-state index in [4.69, 9.17) is 9.47 Å². The molecule has 0 bridgehead atoms. The lowest BCUT2D eigenvalue weighted by Crippen LogP contribution is -2.35. The Morgan fingerprint density at radius 2 is 1.85 bits per heavy atom.